The molecule has 1 aliphatic rings. The zero-order valence-corrected chi connectivity index (χ0v) is 14.8. The predicted molar refractivity (Wildman–Crippen MR) is 101 cm³/mol. The normalized spacial score (nSPS) is 15.5. The van der Waals surface area contributed by atoms with Crippen molar-refractivity contribution in [1.29, 1.82) is 0 Å². The third-order valence-electron chi connectivity index (χ3n) is 4.44. The highest BCUT2D eigenvalue weighted by atomic mass is 16.2. The van der Waals surface area contributed by atoms with Gasteiger partial charge < -0.3 is 9.80 Å². The maximum Gasteiger partial charge on any atom is 0.258 e. The minimum Gasteiger partial charge on any atom is -0.308 e. The first-order chi connectivity index (χ1) is 11.5. The molecule has 0 atom stereocenters. The summed E-state index contributed by atoms with van der Waals surface area (Å²) < 4.78 is 0. The molecule has 0 aromatic heterocycles. The van der Waals surface area contributed by atoms with Gasteiger partial charge in [0.1, 0.15) is 0 Å². The molecule has 0 saturated carbocycles. The summed E-state index contributed by atoms with van der Waals surface area (Å²) in [6.45, 7) is 5.75. The van der Waals surface area contributed by atoms with Gasteiger partial charge in [-0.05, 0) is 56.8 Å². The van der Waals surface area contributed by atoms with E-state index >= 15 is 0 Å². The van der Waals surface area contributed by atoms with Crippen LogP contribution in [0.3, 0.4) is 0 Å². The first-order valence-corrected chi connectivity index (χ1v) is 8.38. The molecule has 1 amide bonds. The Kier molecular flexibility index (Phi) is 4.54. The van der Waals surface area contributed by atoms with Crippen molar-refractivity contribution in [2.45, 2.75) is 20.4 Å². The molecule has 2 aromatic carbocycles. The third-order valence-corrected chi connectivity index (χ3v) is 4.44. The van der Waals surface area contributed by atoms with Gasteiger partial charge in [-0.25, -0.2) is 0 Å². The molecule has 24 heavy (non-hydrogen) atoms. The molecule has 0 fully saturated rings. The van der Waals surface area contributed by atoms with Gasteiger partial charge in [0.15, 0.2) is 0 Å². The fraction of sp³-hybridized carbons (Fsp3) is 0.286. The van der Waals surface area contributed by atoms with Gasteiger partial charge in [-0.15, -0.1) is 0 Å². The van der Waals surface area contributed by atoms with Gasteiger partial charge in [-0.2, -0.15) is 0 Å². The van der Waals surface area contributed by atoms with Crippen LogP contribution < -0.4 is 4.90 Å². The van der Waals surface area contributed by atoms with Crippen LogP contribution in [0.4, 0.5) is 5.69 Å². The van der Waals surface area contributed by atoms with Gasteiger partial charge in [-0.1, -0.05) is 36.4 Å². The smallest absolute Gasteiger partial charge is 0.258 e. The summed E-state index contributed by atoms with van der Waals surface area (Å²) in [6.07, 6.45) is 2.02. The molecule has 0 unspecified atom stereocenters. The maximum absolute atomic E-state index is 12.7. The second-order valence-electron chi connectivity index (χ2n) is 6.55. The lowest BCUT2D eigenvalue weighted by Gasteiger charge is -2.13. The lowest BCUT2D eigenvalue weighted by Crippen LogP contribution is -2.25. The summed E-state index contributed by atoms with van der Waals surface area (Å²) in [5, 5.41) is 0. The van der Waals surface area contributed by atoms with Gasteiger partial charge in [0, 0.05) is 24.2 Å². The second-order valence-corrected chi connectivity index (χ2v) is 6.55. The number of nitrogens with zero attached hydrogens (tertiary/aromatic N) is 2. The zero-order chi connectivity index (χ0) is 17.3. The molecule has 124 valence electrons. The highest BCUT2D eigenvalue weighted by Crippen LogP contribution is 2.37. The Morgan fingerprint density at radius 2 is 1.88 bits per heavy atom. The predicted octanol–water partition coefficient (Wildman–Crippen LogP) is 3.96. The number of para-hydroxylation sites is 1. The lowest BCUT2D eigenvalue weighted by atomic mass is 10.0. The molecule has 3 heteroatoms. The Hall–Kier alpha value is -2.39. The first kappa shape index (κ1) is 16.5. The first-order valence-electron chi connectivity index (χ1n) is 8.38. The molecular weight excluding hydrogens is 296 g/mol. The van der Waals surface area contributed by atoms with Crippen LogP contribution >= 0.6 is 0 Å². The summed E-state index contributed by atoms with van der Waals surface area (Å²) >= 11 is 0. The summed E-state index contributed by atoms with van der Waals surface area (Å²) in [5.74, 6) is 0.0914. The minimum atomic E-state index is 0.0914. The molecule has 1 heterocycles. The van der Waals surface area contributed by atoms with Gasteiger partial charge in [0.2, 0.25) is 0 Å². The summed E-state index contributed by atoms with van der Waals surface area (Å²) in [6, 6.07) is 14.4. The second kappa shape index (κ2) is 6.62. The Bertz CT molecular complexity index is 805. The van der Waals surface area contributed by atoms with Crippen LogP contribution in [0.1, 0.15) is 29.2 Å². The van der Waals surface area contributed by atoms with Crippen LogP contribution in [0, 0.1) is 6.92 Å². The molecular formula is C21H24N2O. The number of rotatable bonds is 4. The van der Waals surface area contributed by atoms with E-state index in [2.05, 4.69) is 44.1 Å². The molecule has 3 rings (SSSR count). The van der Waals surface area contributed by atoms with Crippen LogP contribution in [0.15, 0.2) is 42.5 Å². The molecule has 2 aromatic rings. The lowest BCUT2D eigenvalue weighted by molar-refractivity contribution is -0.112. The van der Waals surface area contributed by atoms with Gasteiger partial charge in [-0.3, -0.25) is 4.79 Å². The fourth-order valence-corrected chi connectivity index (χ4v) is 3.25. The number of carbonyl (C=O) groups is 1. The molecule has 1 aliphatic heterocycles. The van der Waals surface area contributed by atoms with E-state index in [-0.39, 0.29) is 5.91 Å². The fourth-order valence-electron chi connectivity index (χ4n) is 3.25. The number of hydrogen-bond acceptors (Lipinski definition) is 2. The van der Waals surface area contributed by atoms with Crippen LogP contribution in [-0.4, -0.2) is 31.4 Å². The molecule has 0 radical (unpaired) electrons. The average Bonchev–Trinajstić information content (AvgIpc) is 2.81. The standard InChI is InChI=1S/C21H24N2O/c1-5-23-20-9-7-6-8-18(20)19(21(23)24)13-16-10-11-17(14-22(3)4)15(2)12-16/h6-13H,5,14H2,1-4H3/b19-13-. The number of likely N-dealkylation sites (N-methyl/N-ethyl adjacent to an activating group) is 1. The van der Waals surface area contributed by atoms with Crippen molar-refractivity contribution in [1.82, 2.24) is 4.90 Å². The van der Waals surface area contributed by atoms with Crippen molar-refractivity contribution in [3.05, 3.63) is 64.7 Å². The largest absolute Gasteiger partial charge is 0.308 e. The Balaban J connectivity index is 2.00. The number of aryl methyl sites for hydroxylation is 1. The topological polar surface area (TPSA) is 23.6 Å². The number of carbonyl (C=O) groups excluding carboxylic acids is 1. The van der Waals surface area contributed by atoms with E-state index in [0.717, 1.165) is 28.9 Å². The third kappa shape index (κ3) is 3.00. The SMILES string of the molecule is CCN1C(=O)/C(=C\c2ccc(CN(C)C)c(C)c2)c2ccccc21. The van der Waals surface area contributed by atoms with Crippen LogP contribution in [0.2, 0.25) is 0 Å². The van der Waals surface area contributed by atoms with Crippen LogP contribution in [-0.2, 0) is 11.3 Å². The zero-order valence-electron chi connectivity index (χ0n) is 14.8. The summed E-state index contributed by atoms with van der Waals surface area (Å²) in [7, 11) is 4.14. The number of hydrogen-bond donors (Lipinski definition) is 0. The number of anilines is 1. The van der Waals surface area contributed by atoms with Crippen molar-refractivity contribution < 1.29 is 4.79 Å². The molecule has 0 spiro atoms. The maximum atomic E-state index is 12.7. The van der Waals surface area contributed by atoms with Gasteiger partial charge >= 0.3 is 0 Å². The Morgan fingerprint density at radius 1 is 1.12 bits per heavy atom. The van der Waals surface area contributed by atoms with Crippen molar-refractivity contribution in [2.24, 2.45) is 0 Å². The van der Waals surface area contributed by atoms with Crippen molar-refractivity contribution in [3.63, 3.8) is 0 Å². The van der Waals surface area contributed by atoms with Gasteiger partial charge in [0.05, 0.1) is 5.69 Å². The van der Waals surface area contributed by atoms with E-state index in [1.165, 1.54) is 11.1 Å². The van der Waals surface area contributed by atoms with E-state index in [1.807, 2.05) is 42.2 Å². The Labute approximate surface area is 144 Å². The molecule has 0 aliphatic carbocycles. The van der Waals surface area contributed by atoms with Gasteiger partial charge in [0.25, 0.3) is 5.91 Å². The van der Waals surface area contributed by atoms with Crippen molar-refractivity contribution in [2.75, 3.05) is 25.5 Å². The minimum absolute atomic E-state index is 0.0914. The quantitative estimate of drug-likeness (QED) is 0.796. The van der Waals surface area contributed by atoms with E-state index in [1.54, 1.807) is 0 Å². The van der Waals surface area contributed by atoms with E-state index in [4.69, 9.17) is 0 Å². The van der Waals surface area contributed by atoms with Crippen LogP contribution in [0.25, 0.3) is 11.6 Å². The monoisotopic (exact) mass is 320 g/mol. The summed E-state index contributed by atoms with van der Waals surface area (Å²) in [4.78, 5) is 16.8. The molecule has 0 saturated heterocycles. The molecule has 3 nitrogen and oxygen atoms in total. The van der Waals surface area contributed by atoms with Crippen LogP contribution in [0.5, 0.6) is 0 Å². The number of fused-ring (bicyclic) bond motifs is 1. The number of benzene rings is 2. The average molecular weight is 320 g/mol. The number of amides is 1. The van der Waals surface area contributed by atoms with E-state index in [0.29, 0.717) is 6.54 Å². The van der Waals surface area contributed by atoms with Crippen molar-refractivity contribution >= 4 is 23.2 Å². The Morgan fingerprint density at radius 3 is 2.54 bits per heavy atom. The van der Waals surface area contributed by atoms with E-state index < -0.39 is 0 Å². The highest BCUT2D eigenvalue weighted by Gasteiger charge is 2.30. The molecule has 0 N–H and O–H groups in total. The molecule has 0 bridgehead atoms. The highest BCUT2D eigenvalue weighted by molar-refractivity contribution is 6.35. The van der Waals surface area contributed by atoms with E-state index in [9.17, 15) is 4.79 Å². The summed E-state index contributed by atoms with van der Waals surface area (Å²) in [5.41, 5.74) is 6.47. The van der Waals surface area contributed by atoms with Crippen molar-refractivity contribution in [3.8, 4) is 0 Å².